The molecule has 1 atom stereocenters. The average molecular weight is 499 g/mol. The summed E-state index contributed by atoms with van der Waals surface area (Å²) in [4.78, 5) is 34.8. The van der Waals surface area contributed by atoms with Crippen molar-refractivity contribution in [1.82, 2.24) is 21.3 Å². The first-order valence-corrected chi connectivity index (χ1v) is 14.2. The number of unbranched alkanes of at least 4 members (excludes halogenated alkanes) is 13. The third kappa shape index (κ3) is 23.5. The standard InChI is InChI=1S/C27H54N4O4/c1-4-5-6-7-8-9-10-11-13-16-19-28-26(34)29-20-17-14-12-15-18-21-30-27(35)31-24(25(32)33)22-23(2)3/h23-24H,4-22H2,1-3H3,(H,32,33)(H2,28,29,34)(H2,30,31,35)/t24-/m0/s1. The van der Waals surface area contributed by atoms with Crippen molar-refractivity contribution in [2.75, 3.05) is 19.6 Å². The van der Waals surface area contributed by atoms with Gasteiger partial charge in [0.25, 0.3) is 0 Å². The molecule has 0 aliphatic heterocycles. The predicted molar refractivity (Wildman–Crippen MR) is 144 cm³/mol. The maximum Gasteiger partial charge on any atom is 0.326 e. The average Bonchev–Trinajstić information content (AvgIpc) is 2.80. The van der Waals surface area contributed by atoms with Gasteiger partial charge in [-0.05, 0) is 31.6 Å². The van der Waals surface area contributed by atoms with Gasteiger partial charge in [-0.15, -0.1) is 0 Å². The van der Waals surface area contributed by atoms with Crippen LogP contribution in [0.5, 0.6) is 0 Å². The minimum absolute atomic E-state index is 0.0757. The molecule has 0 heterocycles. The molecule has 8 nitrogen and oxygen atoms in total. The maximum absolute atomic E-state index is 11.8. The van der Waals surface area contributed by atoms with Gasteiger partial charge in [-0.2, -0.15) is 0 Å². The number of carbonyl (C=O) groups excluding carboxylic acids is 2. The van der Waals surface area contributed by atoms with E-state index in [0.717, 1.165) is 45.1 Å². The molecule has 35 heavy (non-hydrogen) atoms. The Morgan fingerprint density at radius 3 is 1.34 bits per heavy atom. The Morgan fingerprint density at radius 1 is 0.600 bits per heavy atom. The van der Waals surface area contributed by atoms with E-state index in [1.165, 1.54) is 57.8 Å². The summed E-state index contributed by atoms with van der Waals surface area (Å²) in [6.45, 7) is 8.05. The molecule has 0 aromatic carbocycles. The lowest BCUT2D eigenvalue weighted by Gasteiger charge is -2.16. The van der Waals surface area contributed by atoms with E-state index in [-0.39, 0.29) is 11.9 Å². The zero-order valence-corrected chi connectivity index (χ0v) is 22.8. The topological polar surface area (TPSA) is 120 Å². The number of carbonyl (C=O) groups is 3. The summed E-state index contributed by atoms with van der Waals surface area (Å²) in [5.41, 5.74) is 0. The van der Waals surface area contributed by atoms with Crippen LogP contribution < -0.4 is 21.3 Å². The third-order valence-corrected chi connectivity index (χ3v) is 6.05. The molecule has 0 aliphatic rings. The van der Waals surface area contributed by atoms with Crippen LogP contribution in [-0.2, 0) is 4.79 Å². The quantitative estimate of drug-likeness (QED) is 0.112. The molecule has 0 unspecified atom stereocenters. The van der Waals surface area contributed by atoms with E-state index in [1.807, 2.05) is 13.8 Å². The van der Waals surface area contributed by atoms with Crippen molar-refractivity contribution in [3.8, 4) is 0 Å². The number of hydrogen-bond donors (Lipinski definition) is 5. The first-order chi connectivity index (χ1) is 16.9. The lowest BCUT2D eigenvalue weighted by molar-refractivity contribution is -0.139. The highest BCUT2D eigenvalue weighted by Crippen LogP contribution is 2.10. The molecule has 0 radical (unpaired) electrons. The molecule has 0 spiro atoms. The van der Waals surface area contributed by atoms with E-state index < -0.39 is 18.0 Å². The fourth-order valence-corrected chi connectivity index (χ4v) is 3.96. The Labute approximate surface area is 214 Å². The van der Waals surface area contributed by atoms with Crippen molar-refractivity contribution in [2.24, 2.45) is 5.92 Å². The minimum atomic E-state index is -1.00. The van der Waals surface area contributed by atoms with Crippen molar-refractivity contribution >= 4 is 18.0 Å². The zero-order chi connectivity index (χ0) is 26.2. The smallest absolute Gasteiger partial charge is 0.326 e. The maximum atomic E-state index is 11.8. The van der Waals surface area contributed by atoms with Crippen molar-refractivity contribution in [3.05, 3.63) is 0 Å². The van der Waals surface area contributed by atoms with Crippen LogP contribution in [0.1, 0.15) is 124 Å². The molecule has 5 N–H and O–H groups in total. The Morgan fingerprint density at radius 2 is 0.971 bits per heavy atom. The van der Waals surface area contributed by atoms with Crippen LogP contribution in [0.25, 0.3) is 0 Å². The molecule has 0 saturated heterocycles. The summed E-state index contributed by atoms with van der Waals surface area (Å²) in [5.74, 6) is -0.809. The van der Waals surface area contributed by atoms with Crippen LogP contribution in [-0.4, -0.2) is 48.8 Å². The second-order valence-electron chi connectivity index (χ2n) is 10.1. The Balaban J connectivity index is 3.44. The second-order valence-corrected chi connectivity index (χ2v) is 10.1. The zero-order valence-electron chi connectivity index (χ0n) is 22.8. The molecule has 0 bridgehead atoms. The van der Waals surface area contributed by atoms with E-state index in [0.29, 0.717) is 19.5 Å². The molecule has 0 aromatic rings. The number of urea groups is 2. The van der Waals surface area contributed by atoms with Gasteiger partial charge in [0.15, 0.2) is 0 Å². The van der Waals surface area contributed by atoms with Crippen LogP contribution >= 0.6 is 0 Å². The van der Waals surface area contributed by atoms with Crippen LogP contribution in [0.2, 0.25) is 0 Å². The molecule has 8 heteroatoms. The number of carboxylic acid groups (broad SMARTS) is 1. The highest BCUT2D eigenvalue weighted by Gasteiger charge is 2.20. The van der Waals surface area contributed by atoms with Crippen molar-refractivity contribution in [1.29, 1.82) is 0 Å². The molecular formula is C27H54N4O4. The lowest BCUT2D eigenvalue weighted by Crippen LogP contribution is -2.46. The summed E-state index contributed by atoms with van der Waals surface area (Å²) in [6.07, 6.45) is 18.2. The van der Waals surface area contributed by atoms with Gasteiger partial charge >= 0.3 is 18.0 Å². The number of hydrogen-bond acceptors (Lipinski definition) is 3. The number of amides is 4. The number of aliphatic carboxylic acids is 1. The summed E-state index contributed by atoms with van der Waals surface area (Å²) in [5, 5.41) is 20.3. The van der Waals surface area contributed by atoms with E-state index in [9.17, 15) is 14.4 Å². The Hall–Kier alpha value is -1.99. The SMILES string of the molecule is CCCCCCCCCCCCNC(=O)NCCCCCCCNC(=O)N[C@@H](CC(C)C)C(=O)O. The summed E-state index contributed by atoms with van der Waals surface area (Å²) >= 11 is 0. The normalized spacial score (nSPS) is 11.8. The molecule has 206 valence electrons. The largest absolute Gasteiger partial charge is 0.480 e. The van der Waals surface area contributed by atoms with Crippen molar-refractivity contribution in [3.63, 3.8) is 0 Å². The van der Waals surface area contributed by atoms with E-state index in [2.05, 4.69) is 28.2 Å². The van der Waals surface area contributed by atoms with Crippen LogP contribution in [0, 0.1) is 5.92 Å². The Bertz CT molecular complexity index is 543. The molecule has 0 aliphatic carbocycles. The van der Waals surface area contributed by atoms with E-state index in [1.54, 1.807) is 0 Å². The molecule has 0 fully saturated rings. The summed E-state index contributed by atoms with van der Waals surface area (Å²) in [6, 6.07) is -1.35. The van der Waals surface area contributed by atoms with Crippen LogP contribution in [0.15, 0.2) is 0 Å². The van der Waals surface area contributed by atoms with Gasteiger partial charge in [-0.25, -0.2) is 14.4 Å². The molecule has 0 saturated carbocycles. The third-order valence-electron chi connectivity index (χ3n) is 6.05. The van der Waals surface area contributed by atoms with Gasteiger partial charge in [0, 0.05) is 19.6 Å². The van der Waals surface area contributed by atoms with Gasteiger partial charge in [0.2, 0.25) is 0 Å². The number of rotatable bonds is 23. The van der Waals surface area contributed by atoms with Gasteiger partial charge in [0.1, 0.15) is 6.04 Å². The molecule has 0 aromatic heterocycles. The monoisotopic (exact) mass is 498 g/mol. The van der Waals surface area contributed by atoms with Gasteiger partial charge < -0.3 is 26.4 Å². The molecule has 0 rings (SSSR count). The van der Waals surface area contributed by atoms with Gasteiger partial charge in [-0.1, -0.05) is 97.8 Å². The first-order valence-electron chi connectivity index (χ1n) is 14.2. The highest BCUT2D eigenvalue weighted by molar-refractivity contribution is 5.82. The Kier molecular flexibility index (Phi) is 22.4. The highest BCUT2D eigenvalue weighted by atomic mass is 16.4. The van der Waals surface area contributed by atoms with Crippen molar-refractivity contribution < 1.29 is 19.5 Å². The first kappa shape index (κ1) is 33.0. The summed E-state index contributed by atoms with van der Waals surface area (Å²) in [7, 11) is 0. The lowest BCUT2D eigenvalue weighted by atomic mass is 10.0. The van der Waals surface area contributed by atoms with Gasteiger partial charge in [0.05, 0.1) is 0 Å². The van der Waals surface area contributed by atoms with Crippen molar-refractivity contribution in [2.45, 2.75) is 130 Å². The number of carboxylic acids is 1. The van der Waals surface area contributed by atoms with E-state index >= 15 is 0 Å². The fraction of sp³-hybridized carbons (Fsp3) is 0.889. The van der Waals surface area contributed by atoms with Gasteiger partial charge in [-0.3, -0.25) is 0 Å². The second kappa shape index (κ2) is 23.7. The minimum Gasteiger partial charge on any atom is -0.480 e. The fourth-order valence-electron chi connectivity index (χ4n) is 3.96. The van der Waals surface area contributed by atoms with Crippen LogP contribution in [0.3, 0.4) is 0 Å². The molecule has 4 amide bonds. The predicted octanol–water partition coefficient (Wildman–Crippen LogP) is 5.96. The van der Waals surface area contributed by atoms with E-state index in [4.69, 9.17) is 5.11 Å². The summed E-state index contributed by atoms with van der Waals surface area (Å²) < 4.78 is 0. The molecular weight excluding hydrogens is 444 g/mol. The van der Waals surface area contributed by atoms with Crippen LogP contribution in [0.4, 0.5) is 9.59 Å². The number of nitrogens with one attached hydrogen (secondary N) is 4.